The molecule has 3 N–H and O–H groups in total. The lowest BCUT2D eigenvalue weighted by Crippen LogP contribution is -2.40. The lowest BCUT2D eigenvalue weighted by atomic mass is 9.74. The van der Waals surface area contributed by atoms with E-state index >= 15 is 0 Å². The number of benzene rings is 1. The molecule has 1 aromatic rings. The zero-order chi connectivity index (χ0) is 10.7. The fraction of sp³-hybridized carbons (Fsp3) is 0.500. The SMILES string of the molecule is NCC1(c2ccc(O)cc2)CCOCC1. The molecule has 0 saturated carbocycles. The first kappa shape index (κ1) is 10.5. The summed E-state index contributed by atoms with van der Waals surface area (Å²) >= 11 is 0. The fourth-order valence-electron chi connectivity index (χ4n) is 2.19. The van der Waals surface area contributed by atoms with Crippen LogP contribution in [0.3, 0.4) is 0 Å². The molecule has 1 aromatic carbocycles. The van der Waals surface area contributed by atoms with Crippen molar-refractivity contribution >= 4 is 0 Å². The summed E-state index contributed by atoms with van der Waals surface area (Å²) in [6.07, 6.45) is 1.93. The lowest BCUT2D eigenvalue weighted by Gasteiger charge is -2.36. The molecule has 0 bridgehead atoms. The van der Waals surface area contributed by atoms with Crippen molar-refractivity contribution in [2.75, 3.05) is 19.8 Å². The third-order valence-corrected chi connectivity index (χ3v) is 3.32. The first-order valence-electron chi connectivity index (χ1n) is 5.34. The molecule has 0 radical (unpaired) electrons. The van der Waals surface area contributed by atoms with E-state index in [1.807, 2.05) is 12.1 Å². The largest absolute Gasteiger partial charge is 0.508 e. The summed E-state index contributed by atoms with van der Waals surface area (Å²) in [5.74, 6) is 0.304. The quantitative estimate of drug-likeness (QED) is 0.770. The highest BCUT2D eigenvalue weighted by Crippen LogP contribution is 2.34. The summed E-state index contributed by atoms with van der Waals surface area (Å²) in [7, 11) is 0. The normalized spacial score (nSPS) is 20.1. The molecule has 3 nitrogen and oxygen atoms in total. The Morgan fingerprint density at radius 2 is 1.80 bits per heavy atom. The molecule has 1 fully saturated rings. The van der Waals surface area contributed by atoms with Crippen LogP contribution in [0.15, 0.2) is 24.3 Å². The van der Waals surface area contributed by atoms with E-state index < -0.39 is 0 Å². The van der Waals surface area contributed by atoms with Gasteiger partial charge in [-0.25, -0.2) is 0 Å². The minimum Gasteiger partial charge on any atom is -0.508 e. The van der Waals surface area contributed by atoms with Crippen LogP contribution in [-0.4, -0.2) is 24.9 Å². The highest BCUT2D eigenvalue weighted by atomic mass is 16.5. The van der Waals surface area contributed by atoms with Gasteiger partial charge < -0.3 is 15.6 Å². The molecule has 15 heavy (non-hydrogen) atoms. The smallest absolute Gasteiger partial charge is 0.115 e. The molecule has 1 aliphatic heterocycles. The minimum absolute atomic E-state index is 0.0476. The maximum atomic E-state index is 9.26. The highest BCUT2D eigenvalue weighted by Gasteiger charge is 2.32. The van der Waals surface area contributed by atoms with Gasteiger partial charge in [0.25, 0.3) is 0 Å². The Labute approximate surface area is 89.9 Å². The number of aromatic hydroxyl groups is 1. The number of hydrogen-bond donors (Lipinski definition) is 2. The van der Waals surface area contributed by atoms with E-state index in [2.05, 4.69) is 0 Å². The Morgan fingerprint density at radius 1 is 1.20 bits per heavy atom. The molecule has 1 aliphatic rings. The summed E-state index contributed by atoms with van der Waals surface area (Å²) in [5, 5.41) is 9.26. The topological polar surface area (TPSA) is 55.5 Å². The summed E-state index contributed by atoms with van der Waals surface area (Å²) in [6.45, 7) is 2.19. The van der Waals surface area contributed by atoms with Gasteiger partial charge in [0.05, 0.1) is 0 Å². The molecule has 3 heteroatoms. The Bertz CT molecular complexity index is 315. The zero-order valence-electron chi connectivity index (χ0n) is 8.78. The molecule has 0 amide bonds. The second kappa shape index (κ2) is 4.21. The average Bonchev–Trinajstić information content (AvgIpc) is 2.31. The van der Waals surface area contributed by atoms with Gasteiger partial charge in [-0.15, -0.1) is 0 Å². The van der Waals surface area contributed by atoms with Gasteiger partial charge in [-0.3, -0.25) is 0 Å². The second-order valence-electron chi connectivity index (χ2n) is 4.14. The number of phenolic OH excluding ortho intramolecular Hbond substituents is 1. The van der Waals surface area contributed by atoms with Crippen molar-refractivity contribution in [2.24, 2.45) is 5.73 Å². The van der Waals surface area contributed by atoms with Crippen LogP contribution in [0.2, 0.25) is 0 Å². The summed E-state index contributed by atoms with van der Waals surface area (Å²) in [6, 6.07) is 7.38. The van der Waals surface area contributed by atoms with E-state index in [-0.39, 0.29) is 5.41 Å². The molecule has 0 unspecified atom stereocenters. The molecule has 0 aromatic heterocycles. The van der Waals surface area contributed by atoms with Crippen molar-refractivity contribution in [3.05, 3.63) is 29.8 Å². The third-order valence-electron chi connectivity index (χ3n) is 3.32. The molecule has 1 saturated heterocycles. The number of rotatable bonds is 2. The van der Waals surface area contributed by atoms with Gasteiger partial charge in [0.15, 0.2) is 0 Å². The van der Waals surface area contributed by atoms with Gasteiger partial charge in [0, 0.05) is 25.2 Å². The molecule has 2 rings (SSSR count). The van der Waals surface area contributed by atoms with Crippen LogP contribution in [0.1, 0.15) is 18.4 Å². The average molecular weight is 207 g/mol. The Balaban J connectivity index is 2.28. The molecule has 0 atom stereocenters. The maximum Gasteiger partial charge on any atom is 0.115 e. The Morgan fingerprint density at radius 3 is 2.33 bits per heavy atom. The third kappa shape index (κ3) is 1.98. The monoisotopic (exact) mass is 207 g/mol. The molecule has 0 aliphatic carbocycles. The fourth-order valence-corrected chi connectivity index (χ4v) is 2.19. The maximum absolute atomic E-state index is 9.26. The Kier molecular flexibility index (Phi) is 2.93. The van der Waals surface area contributed by atoms with Crippen LogP contribution in [0, 0.1) is 0 Å². The number of phenols is 1. The van der Waals surface area contributed by atoms with Gasteiger partial charge in [-0.1, -0.05) is 12.1 Å². The van der Waals surface area contributed by atoms with E-state index in [1.54, 1.807) is 12.1 Å². The van der Waals surface area contributed by atoms with Crippen LogP contribution in [0.5, 0.6) is 5.75 Å². The van der Waals surface area contributed by atoms with Crippen molar-refractivity contribution in [3.63, 3.8) is 0 Å². The van der Waals surface area contributed by atoms with Crippen molar-refractivity contribution in [3.8, 4) is 5.75 Å². The number of ether oxygens (including phenoxy) is 1. The van der Waals surface area contributed by atoms with E-state index in [0.717, 1.165) is 26.1 Å². The highest BCUT2D eigenvalue weighted by molar-refractivity contribution is 5.32. The van der Waals surface area contributed by atoms with Crippen LogP contribution < -0.4 is 5.73 Å². The molecule has 0 spiro atoms. The summed E-state index contributed by atoms with van der Waals surface area (Å²) in [4.78, 5) is 0. The number of hydrogen-bond acceptors (Lipinski definition) is 3. The predicted molar refractivity (Wildman–Crippen MR) is 58.9 cm³/mol. The molecule has 1 heterocycles. The number of nitrogens with two attached hydrogens (primary N) is 1. The van der Waals surface area contributed by atoms with Crippen molar-refractivity contribution in [2.45, 2.75) is 18.3 Å². The molecular weight excluding hydrogens is 190 g/mol. The minimum atomic E-state index is 0.0476. The van der Waals surface area contributed by atoms with Crippen molar-refractivity contribution in [1.82, 2.24) is 0 Å². The predicted octanol–water partition coefficient (Wildman–Crippen LogP) is 1.40. The van der Waals surface area contributed by atoms with Gasteiger partial charge >= 0.3 is 0 Å². The first-order valence-corrected chi connectivity index (χ1v) is 5.34. The lowest BCUT2D eigenvalue weighted by molar-refractivity contribution is 0.0529. The van der Waals surface area contributed by atoms with Crippen LogP contribution in [0.4, 0.5) is 0 Å². The zero-order valence-corrected chi connectivity index (χ0v) is 8.78. The van der Waals surface area contributed by atoms with Crippen LogP contribution in [0.25, 0.3) is 0 Å². The standard InChI is InChI=1S/C12H17NO2/c13-9-12(5-7-15-8-6-12)10-1-3-11(14)4-2-10/h1-4,14H,5-9,13H2. The van der Waals surface area contributed by atoms with Crippen molar-refractivity contribution in [1.29, 1.82) is 0 Å². The molecular formula is C12H17NO2. The van der Waals surface area contributed by atoms with Crippen molar-refractivity contribution < 1.29 is 9.84 Å². The van der Waals surface area contributed by atoms with Crippen LogP contribution in [-0.2, 0) is 10.2 Å². The Hall–Kier alpha value is -1.06. The van der Waals surface area contributed by atoms with E-state index in [0.29, 0.717) is 12.3 Å². The second-order valence-corrected chi connectivity index (χ2v) is 4.14. The van der Waals surface area contributed by atoms with E-state index in [1.165, 1.54) is 5.56 Å². The van der Waals surface area contributed by atoms with Gasteiger partial charge in [0.1, 0.15) is 5.75 Å². The summed E-state index contributed by atoms with van der Waals surface area (Å²) < 4.78 is 5.37. The van der Waals surface area contributed by atoms with Crippen LogP contribution >= 0.6 is 0 Å². The van der Waals surface area contributed by atoms with E-state index in [4.69, 9.17) is 10.5 Å². The van der Waals surface area contributed by atoms with E-state index in [9.17, 15) is 5.11 Å². The van der Waals surface area contributed by atoms with Gasteiger partial charge in [-0.2, -0.15) is 0 Å². The summed E-state index contributed by atoms with van der Waals surface area (Å²) in [5.41, 5.74) is 7.15. The van der Waals surface area contributed by atoms with Gasteiger partial charge in [0.2, 0.25) is 0 Å². The molecule has 82 valence electrons. The van der Waals surface area contributed by atoms with Gasteiger partial charge in [-0.05, 0) is 30.5 Å². The first-order chi connectivity index (χ1) is 7.27.